The molecule has 0 heterocycles. The topological polar surface area (TPSA) is 98.3 Å². The van der Waals surface area contributed by atoms with Gasteiger partial charge in [-0.3, -0.25) is 4.79 Å². The molecule has 2 N–H and O–H groups in total. The summed E-state index contributed by atoms with van der Waals surface area (Å²) in [7, 11) is 3.07. The third kappa shape index (κ3) is 7.34. The van der Waals surface area contributed by atoms with Gasteiger partial charge in [0.15, 0.2) is 0 Å². The number of anilines is 1. The Morgan fingerprint density at radius 2 is 1.79 bits per heavy atom. The second-order valence-electron chi connectivity index (χ2n) is 5.95. The monoisotopic (exact) mass is 419 g/mol. The van der Waals surface area contributed by atoms with Gasteiger partial charge in [0.2, 0.25) is 5.91 Å². The molecule has 0 radical (unpaired) electrons. The van der Waals surface area contributed by atoms with E-state index in [0.29, 0.717) is 27.9 Å². The Balaban J connectivity index is 1.80. The highest BCUT2D eigenvalue weighted by Crippen LogP contribution is 2.27. The molecule has 29 heavy (non-hydrogen) atoms. The van der Waals surface area contributed by atoms with Crippen LogP contribution >= 0.6 is 11.6 Å². The number of hydrazone groups is 1. The van der Waals surface area contributed by atoms with Crippen molar-refractivity contribution in [2.45, 2.75) is 20.0 Å². The Hall–Kier alpha value is -3.26. The maximum Gasteiger partial charge on any atom is 0.428 e. The third-order valence-corrected chi connectivity index (χ3v) is 3.95. The van der Waals surface area contributed by atoms with Crippen LogP contribution in [0.2, 0.25) is 5.02 Å². The summed E-state index contributed by atoms with van der Waals surface area (Å²) in [5, 5.41) is 7.02. The average Bonchev–Trinajstić information content (AvgIpc) is 2.71. The number of nitrogens with one attached hydrogen (secondary N) is 2. The molecular formula is C20H22ClN3O5. The van der Waals surface area contributed by atoms with Crippen LogP contribution in [-0.2, 0) is 16.1 Å². The number of rotatable bonds is 8. The Bertz CT molecular complexity index is 884. The van der Waals surface area contributed by atoms with Crippen molar-refractivity contribution in [2.24, 2.45) is 5.10 Å². The summed E-state index contributed by atoms with van der Waals surface area (Å²) in [5.41, 5.74) is 3.90. The van der Waals surface area contributed by atoms with E-state index in [-0.39, 0.29) is 18.9 Å². The lowest BCUT2D eigenvalue weighted by atomic mass is 10.2. The van der Waals surface area contributed by atoms with E-state index in [9.17, 15) is 9.59 Å². The first-order valence-electron chi connectivity index (χ1n) is 8.63. The highest BCUT2D eigenvalue weighted by atomic mass is 35.5. The molecule has 8 nitrogen and oxygen atoms in total. The van der Waals surface area contributed by atoms with Gasteiger partial charge in [0.05, 0.1) is 26.3 Å². The maximum absolute atomic E-state index is 12.2. The van der Waals surface area contributed by atoms with Gasteiger partial charge in [-0.05, 0) is 42.8 Å². The molecule has 9 heteroatoms. The molecule has 0 spiro atoms. The smallest absolute Gasteiger partial charge is 0.428 e. The summed E-state index contributed by atoms with van der Waals surface area (Å²) >= 11 is 5.94. The number of carbonyl (C=O) groups excluding carboxylic acids is 2. The van der Waals surface area contributed by atoms with Crippen molar-refractivity contribution in [1.82, 2.24) is 5.43 Å². The summed E-state index contributed by atoms with van der Waals surface area (Å²) in [4.78, 5) is 23.9. The first-order valence-corrected chi connectivity index (χ1v) is 9.01. The van der Waals surface area contributed by atoms with Gasteiger partial charge < -0.3 is 19.5 Å². The largest absolute Gasteiger partial charge is 0.497 e. The normalized spacial score (nSPS) is 10.8. The molecule has 0 aromatic heterocycles. The summed E-state index contributed by atoms with van der Waals surface area (Å²) < 4.78 is 15.3. The Morgan fingerprint density at radius 1 is 1.07 bits per heavy atom. The molecule has 2 rings (SSSR count). The third-order valence-electron chi connectivity index (χ3n) is 3.72. The standard InChI is InChI=1S/C20H22ClN3O5/c1-13(10-19(25)22-17-11-15(21)6-9-18(17)28-3)23-24-20(26)29-12-14-4-7-16(27-2)8-5-14/h4-9,11H,10,12H2,1-3H3,(H,22,25)(H,24,26)/b23-13-. The molecule has 0 saturated carbocycles. The van der Waals surface area contributed by atoms with Gasteiger partial charge in [-0.2, -0.15) is 5.10 Å². The van der Waals surface area contributed by atoms with Crippen LogP contribution in [0, 0.1) is 0 Å². The molecule has 0 bridgehead atoms. The summed E-state index contributed by atoms with van der Waals surface area (Å²) in [5.74, 6) is 0.866. The highest BCUT2D eigenvalue weighted by molar-refractivity contribution is 6.31. The lowest BCUT2D eigenvalue weighted by Gasteiger charge is -2.10. The van der Waals surface area contributed by atoms with E-state index in [0.717, 1.165) is 5.56 Å². The molecule has 0 aliphatic carbocycles. The molecule has 2 aromatic carbocycles. The first kappa shape index (κ1) is 22.0. The number of amides is 2. The van der Waals surface area contributed by atoms with E-state index in [1.807, 2.05) is 0 Å². The number of methoxy groups -OCH3 is 2. The van der Waals surface area contributed by atoms with Crippen LogP contribution in [0.5, 0.6) is 11.5 Å². The minimum atomic E-state index is -0.725. The van der Waals surface area contributed by atoms with Gasteiger partial charge in [-0.15, -0.1) is 0 Å². The zero-order valence-corrected chi connectivity index (χ0v) is 17.1. The van der Waals surface area contributed by atoms with Crippen LogP contribution in [0.3, 0.4) is 0 Å². The van der Waals surface area contributed by atoms with Gasteiger partial charge in [0.25, 0.3) is 0 Å². The molecule has 154 valence electrons. The minimum absolute atomic E-state index is 0.0333. The average molecular weight is 420 g/mol. The van der Waals surface area contributed by atoms with Crippen molar-refractivity contribution >= 4 is 35.0 Å². The fraction of sp³-hybridized carbons (Fsp3) is 0.250. The molecule has 0 fully saturated rings. The predicted molar refractivity (Wildman–Crippen MR) is 111 cm³/mol. The molecular weight excluding hydrogens is 398 g/mol. The molecule has 0 aliphatic heterocycles. The van der Waals surface area contributed by atoms with E-state index in [1.54, 1.807) is 56.5 Å². The summed E-state index contributed by atoms with van der Waals surface area (Å²) in [6.45, 7) is 1.69. The second kappa shape index (κ2) is 10.9. The van der Waals surface area contributed by atoms with Crippen molar-refractivity contribution in [3.8, 4) is 11.5 Å². The van der Waals surface area contributed by atoms with E-state index in [1.165, 1.54) is 7.11 Å². The Labute approximate surface area is 173 Å². The Kier molecular flexibility index (Phi) is 8.29. The number of nitrogens with zero attached hydrogens (tertiary/aromatic N) is 1. The molecule has 0 aliphatic rings. The van der Waals surface area contributed by atoms with Crippen LogP contribution in [0.4, 0.5) is 10.5 Å². The van der Waals surface area contributed by atoms with E-state index in [2.05, 4.69) is 15.8 Å². The fourth-order valence-electron chi connectivity index (χ4n) is 2.29. The SMILES string of the molecule is COc1ccc(COC(=O)N/N=C(/C)CC(=O)Nc2cc(Cl)ccc2OC)cc1. The van der Waals surface area contributed by atoms with Crippen molar-refractivity contribution in [3.05, 3.63) is 53.1 Å². The van der Waals surface area contributed by atoms with Crippen LogP contribution in [0.15, 0.2) is 47.6 Å². The van der Waals surface area contributed by atoms with E-state index < -0.39 is 6.09 Å². The van der Waals surface area contributed by atoms with Gasteiger partial charge in [0, 0.05) is 10.7 Å². The van der Waals surface area contributed by atoms with Crippen molar-refractivity contribution in [2.75, 3.05) is 19.5 Å². The maximum atomic E-state index is 12.2. The van der Waals surface area contributed by atoms with Crippen molar-refractivity contribution in [1.29, 1.82) is 0 Å². The van der Waals surface area contributed by atoms with Gasteiger partial charge >= 0.3 is 6.09 Å². The zero-order chi connectivity index (χ0) is 21.2. The van der Waals surface area contributed by atoms with Crippen LogP contribution in [-0.4, -0.2) is 31.9 Å². The zero-order valence-electron chi connectivity index (χ0n) is 16.3. The van der Waals surface area contributed by atoms with Gasteiger partial charge in [-0.25, -0.2) is 10.2 Å². The molecule has 0 unspecified atom stereocenters. The van der Waals surface area contributed by atoms with Gasteiger partial charge in [0.1, 0.15) is 18.1 Å². The van der Waals surface area contributed by atoms with Crippen LogP contribution in [0.25, 0.3) is 0 Å². The van der Waals surface area contributed by atoms with E-state index in [4.69, 9.17) is 25.8 Å². The first-order chi connectivity index (χ1) is 13.9. The van der Waals surface area contributed by atoms with Crippen LogP contribution < -0.4 is 20.2 Å². The fourth-order valence-corrected chi connectivity index (χ4v) is 2.46. The lowest BCUT2D eigenvalue weighted by Crippen LogP contribution is -2.22. The number of hydrogen-bond acceptors (Lipinski definition) is 6. The van der Waals surface area contributed by atoms with Gasteiger partial charge in [-0.1, -0.05) is 23.7 Å². The molecule has 2 amide bonds. The number of halogens is 1. The minimum Gasteiger partial charge on any atom is -0.497 e. The lowest BCUT2D eigenvalue weighted by molar-refractivity contribution is -0.115. The highest BCUT2D eigenvalue weighted by Gasteiger charge is 2.10. The molecule has 0 saturated heterocycles. The Morgan fingerprint density at radius 3 is 2.45 bits per heavy atom. The second-order valence-corrected chi connectivity index (χ2v) is 6.39. The number of ether oxygens (including phenoxy) is 3. The summed E-state index contributed by atoms with van der Waals surface area (Å²) in [6, 6.07) is 12.0. The number of carbonyl (C=O) groups is 2. The predicted octanol–water partition coefficient (Wildman–Crippen LogP) is 3.99. The quantitative estimate of drug-likeness (QED) is 0.498. The molecule has 2 aromatic rings. The number of benzene rings is 2. The summed E-state index contributed by atoms with van der Waals surface area (Å²) in [6.07, 6.45) is -0.758. The number of hydrogen-bond donors (Lipinski definition) is 2. The van der Waals surface area contributed by atoms with Crippen molar-refractivity contribution in [3.63, 3.8) is 0 Å². The van der Waals surface area contributed by atoms with Crippen molar-refractivity contribution < 1.29 is 23.8 Å². The molecule has 0 atom stereocenters. The van der Waals surface area contributed by atoms with Crippen LogP contribution in [0.1, 0.15) is 18.9 Å². The van der Waals surface area contributed by atoms with E-state index >= 15 is 0 Å².